The number of nitrogens with zero attached hydrogens (tertiary/aromatic N) is 1. The zero-order valence-corrected chi connectivity index (χ0v) is 22.0. The Labute approximate surface area is 232 Å². The van der Waals surface area contributed by atoms with Crippen LogP contribution in [0.3, 0.4) is 0 Å². The number of carbonyl (C=O) groups excluding carboxylic acids is 3. The van der Waals surface area contributed by atoms with Gasteiger partial charge in [0.05, 0.1) is 37.0 Å². The number of ether oxygens (including phenoxy) is 2. The Morgan fingerprint density at radius 3 is 1.76 bits per heavy atom. The highest BCUT2D eigenvalue weighted by Gasteiger charge is 2.26. The summed E-state index contributed by atoms with van der Waals surface area (Å²) in [6.07, 6.45) is -0.109. The smallest absolute Gasteiger partial charge is 0.343 e. The lowest BCUT2D eigenvalue weighted by Gasteiger charge is -2.09. The first-order valence-corrected chi connectivity index (χ1v) is 11.7. The first kappa shape index (κ1) is 35.7. The summed E-state index contributed by atoms with van der Waals surface area (Å²) >= 11 is 0. The number of aliphatic imine (C=N–C) groups is 1. The second kappa shape index (κ2) is 16.2. The maximum Gasteiger partial charge on any atom is 0.343 e. The number of rotatable bonds is 10. The molecule has 0 saturated heterocycles. The standard InChI is InChI=1S/C15H15F4NO4.C11H8F4O3/c1-3-24-15(23)9(5-20-7(2)6-21)14(22)8-4-10(16)12(18)13(19)11(8)17;1-2-18-8(17)4-7(16)5-3-6(12)10(14)11(15)9(5)13/h4-5,7,21-22H,3,6H2,1-2H3;3H,2,4H2,1H3/t7-;/m0./s1. The van der Waals surface area contributed by atoms with Gasteiger partial charge in [-0.25, -0.2) is 39.9 Å². The lowest BCUT2D eigenvalue weighted by molar-refractivity contribution is -0.142. The fraction of sp³-hybridized carbons (Fsp3) is 0.308. The second-order valence-corrected chi connectivity index (χ2v) is 7.89. The number of Topliss-reactive ketones (excluding diaryl/α,β-unsaturated/α-hetero) is 1. The molecule has 8 nitrogen and oxygen atoms in total. The number of esters is 2. The zero-order chi connectivity index (χ0) is 32.3. The van der Waals surface area contributed by atoms with Crippen LogP contribution in [0, 0.1) is 46.5 Å². The van der Waals surface area contributed by atoms with Gasteiger partial charge in [0.25, 0.3) is 0 Å². The van der Waals surface area contributed by atoms with E-state index in [1.807, 2.05) is 0 Å². The van der Waals surface area contributed by atoms with Crippen LogP contribution in [-0.2, 0) is 19.1 Å². The van der Waals surface area contributed by atoms with E-state index in [-0.39, 0.29) is 32.0 Å². The first-order chi connectivity index (χ1) is 19.6. The van der Waals surface area contributed by atoms with Gasteiger partial charge < -0.3 is 19.7 Å². The van der Waals surface area contributed by atoms with Crippen molar-refractivity contribution in [2.24, 2.45) is 4.99 Å². The molecular weight excluding hydrogens is 590 g/mol. The lowest BCUT2D eigenvalue weighted by Crippen LogP contribution is -2.14. The van der Waals surface area contributed by atoms with Crippen molar-refractivity contribution in [3.8, 4) is 0 Å². The predicted octanol–water partition coefficient (Wildman–Crippen LogP) is 4.91. The molecule has 16 heteroatoms. The number of halogens is 8. The Kier molecular flexibility index (Phi) is 13.8. The molecule has 0 unspecified atom stereocenters. The highest BCUT2D eigenvalue weighted by molar-refractivity contribution is 6.15. The maximum atomic E-state index is 13.8. The van der Waals surface area contributed by atoms with Gasteiger partial charge in [0, 0.05) is 6.21 Å². The number of benzene rings is 2. The summed E-state index contributed by atoms with van der Waals surface area (Å²) in [4.78, 5) is 37.9. The van der Waals surface area contributed by atoms with Crippen molar-refractivity contribution in [2.75, 3.05) is 19.8 Å². The molecule has 2 aromatic rings. The topological polar surface area (TPSA) is 122 Å². The van der Waals surface area contributed by atoms with Crippen LogP contribution >= 0.6 is 0 Å². The van der Waals surface area contributed by atoms with E-state index in [9.17, 15) is 54.6 Å². The van der Waals surface area contributed by atoms with Crippen LogP contribution in [0.4, 0.5) is 35.1 Å². The van der Waals surface area contributed by atoms with E-state index >= 15 is 0 Å². The average Bonchev–Trinajstić information content (AvgIpc) is 2.94. The van der Waals surface area contributed by atoms with Gasteiger partial charge in [-0.1, -0.05) is 0 Å². The van der Waals surface area contributed by atoms with Crippen molar-refractivity contribution in [3.05, 3.63) is 75.4 Å². The number of hydrogen-bond donors (Lipinski definition) is 2. The van der Waals surface area contributed by atoms with Crippen molar-refractivity contribution in [3.63, 3.8) is 0 Å². The number of aliphatic hydroxyl groups is 2. The van der Waals surface area contributed by atoms with Crippen LogP contribution in [0.25, 0.3) is 5.76 Å². The largest absolute Gasteiger partial charge is 0.506 e. The van der Waals surface area contributed by atoms with E-state index in [1.165, 1.54) is 20.8 Å². The average molecular weight is 613 g/mol. The summed E-state index contributed by atoms with van der Waals surface area (Å²) in [6.45, 7) is 3.92. The molecule has 0 fully saturated rings. The summed E-state index contributed by atoms with van der Waals surface area (Å²) in [6, 6.07) is -0.269. The fourth-order valence-electron chi connectivity index (χ4n) is 2.77. The van der Waals surface area contributed by atoms with Crippen LogP contribution < -0.4 is 0 Å². The van der Waals surface area contributed by atoms with Crippen molar-refractivity contribution in [2.45, 2.75) is 33.2 Å². The van der Waals surface area contributed by atoms with Crippen molar-refractivity contribution in [1.29, 1.82) is 0 Å². The van der Waals surface area contributed by atoms with Crippen molar-refractivity contribution < 1.29 is 69.2 Å². The van der Waals surface area contributed by atoms with Gasteiger partial charge in [-0.15, -0.1) is 0 Å². The van der Waals surface area contributed by atoms with Gasteiger partial charge in [0.15, 0.2) is 52.3 Å². The monoisotopic (exact) mass is 613 g/mol. The molecule has 2 aromatic carbocycles. The fourth-order valence-corrected chi connectivity index (χ4v) is 2.77. The molecule has 0 bridgehead atoms. The molecule has 0 radical (unpaired) electrons. The van der Waals surface area contributed by atoms with E-state index in [0.717, 1.165) is 6.21 Å². The minimum atomic E-state index is -2.14. The minimum absolute atomic E-state index is 0.000730. The van der Waals surface area contributed by atoms with Gasteiger partial charge in [-0.2, -0.15) is 0 Å². The van der Waals surface area contributed by atoms with E-state index in [0.29, 0.717) is 0 Å². The van der Waals surface area contributed by atoms with Crippen LogP contribution in [0.5, 0.6) is 0 Å². The summed E-state index contributed by atoms with van der Waals surface area (Å²) < 4.78 is 114. The van der Waals surface area contributed by atoms with E-state index in [2.05, 4.69) is 14.5 Å². The van der Waals surface area contributed by atoms with Crippen molar-refractivity contribution >= 4 is 29.7 Å². The summed E-state index contributed by atoms with van der Waals surface area (Å²) in [5, 5.41) is 18.9. The summed E-state index contributed by atoms with van der Waals surface area (Å²) in [5.41, 5.74) is -2.81. The van der Waals surface area contributed by atoms with Crippen LogP contribution in [0.2, 0.25) is 0 Å². The summed E-state index contributed by atoms with van der Waals surface area (Å²) in [7, 11) is 0. The number of ketones is 1. The third-order valence-electron chi connectivity index (χ3n) is 4.84. The molecule has 0 saturated carbocycles. The molecule has 0 amide bonds. The molecule has 2 N–H and O–H groups in total. The molecule has 0 aliphatic carbocycles. The number of hydrogen-bond acceptors (Lipinski definition) is 8. The molecule has 1 atom stereocenters. The number of aliphatic hydroxyl groups excluding tert-OH is 2. The molecule has 0 aromatic heterocycles. The zero-order valence-electron chi connectivity index (χ0n) is 22.0. The maximum absolute atomic E-state index is 13.8. The number of carbonyl (C=O) groups is 3. The van der Waals surface area contributed by atoms with Crippen LogP contribution in [0.1, 0.15) is 43.1 Å². The molecule has 0 aliphatic rings. The predicted molar refractivity (Wildman–Crippen MR) is 129 cm³/mol. The third kappa shape index (κ3) is 9.09. The van der Waals surface area contributed by atoms with E-state index in [4.69, 9.17) is 5.11 Å². The minimum Gasteiger partial charge on any atom is -0.506 e. The van der Waals surface area contributed by atoms with Crippen LogP contribution in [-0.4, -0.2) is 60.0 Å². The summed E-state index contributed by atoms with van der Waals surface area (Å²) in [5.74, 6) is -19.9. The van der Waals surface area contributed by atoms with Gasteiger partial charge >= 0.3 is 11.9 Å². The SMILES string of the molecule is CCOC(=O)C(C=N[C@@H](C)CO)=C(O)c1cc(F)c(F)c(F)c1F.CCOC(=O)CC(=O)c1cc(F)c(F)c(F)c1F. The van der Waals surface area contributed by atoms with Crippen molar-refractivity contribution in [1.82, 2.24) is 0 Å². The second-order valence-electron chi connectivity index (χ2n) is 7.89. The first-order valence-electron chi connectivity index (χ1n) is 11.7. The molecule has 42 heavy (non-hydrogen) atoms. The molecule has 0 heterocycles. The quantitative estimate of drug-likeness (QED) is 0.0450. The molecule has 0 spiro atoms. The third-order valence-corrected chi connectivity index (χ3v) is 4.84. The molecule has 0 aliphatic heterocycles. The van der Waals surface area contributed by atoms with Gasteiger partial charge in [0.1, 0.15) is 17.8 Å². The Balaban J connectivity index is 0.000000437. The Hall–Kier alpha value is -4.34. The normalized spacial score (nSPS) is 12.3. The highest BCUT2D eigenvalue weighted by atomic mass is 19.2. The van der Waals surface area contributed by atoms with E-state index in [1.54, 1.807) is 0 Å². The Bertz CT molecular complexity index is 1400. The lowest BCUT2D eigenvalue weighted by atomic mass is 10.1. The van der Waals surface area contributed by atoms with E-state index < -0.39 is 99.2 Å². The highest BCUT2D eigenvalue weighted by Crippen LogP contribution is 2.25. The Morgan fingerprint density at radius 1 is 0.810 bits per heavy atom. The molecule has 230 valence electrons. The van der Waals surface area contributed by atoms with Gasteiger partial charge in [-0.05, 0) is 32.9 Å². The van der Waals surface area contributed by atoms with Gasteiger partial charge in [-0.3, -0.25) is 14.6 Å². The molecular formula is C26H23F8NO7. The molecule has 2 rings (SSSR count). The van der Waals surface area contributed by atoms with Gasteiger partial charge in [0.2, 0.25) is 0 Å². The van der Waals surface area contributed by atoms with Crippen LogP contribution in [0.15, 0.2) is 22.7 Å². The Morgan fingerprint density at radius 2 is 1.29 bits per heavy atom.